The predicted octanol–water partition coefficient (Wildman–Crippen LogP) is 0.893. The minimum absolute atomic E-state index is 0.00400. The maximum atomic E-state index is 11.9. The maximum absolute atomic E-state index is 11.9. The molecule has 0 amide bonds. The minimum atomic E-state index is -4.28. The summed E-state index contributed by atoms with van der Waals surface area (Å²) in [5.74, 6) is -1.09. The van der Waals surface area contributed by atoms with Gasteiger partial charge in [0.25, 0.3) is 0 Å². The van der Waals surface area contributed by atoms with E-state index in [4.69, 9.17) is 4.74 Å². The Kier molecular flexibility index (Phi) is 8.25. The second-order valence-corrected chi connectivity index (χ2v) is 11.1. The van der Waals surface area contributed by atoms with Gasteiger partial charge in [-0.25, -0.2) is 8.42 Å². The number of hydrogen-bond donors (Lipinski definition) is 1. The van der Waals surface area contributed by atoms with Crippen molar-refractivity contribution in [2.75, 3.05) is 33.0 Å². The number of carbonyl (C=O) groups is 2. The molecule has 0 radical (unpaired) electrons. The number of rotatable bonds is 7. The molecule has 2 fully saturated rings. The van der Waals surface area contributed by atoms with Crippen LogP contribution in [0.1, 0.15) is 53.9 Å². The first-order valence-corrected chi connectivity index (χ1v) is 11.6. The highest BCUT2D eigenvalue weighted by atomic mass is 32.2. The van der Waals surface area contributed by atoms with Crippen LogP contribution in [0.25, 0.3) is 0 Å². The van der Waals surface area contributed by atoms with E-state index in [1.807, 2.05) is 48.7 Å². The Balaban J connectivity index is 0.000000284. The lowest BCUT2D eigenvalue weighted by atomic mass is 9.80. The Morgan fingerprint density at radius 2 is 1.86 bits per heavy atom. The molecule has 7 nitrogen and oxygen atoms in total. The predicted molar refractivity (Wildman–Crippen MR) is 106 cm³/mol. The van der Waals surface area contributed by atoms with Gasteiger partial charge in [0.1, 0.15) is 18.9 Å². The standard InChI is InChI=1S/C10H21NO2.C10H16O4S/c1-6-10(2,3)9(12)13-8-7-11(4)5;1-10(2)7-3-4-8(10)9(11)6(7)5-15(12,13)14/h6-8H2,1-5H3;6-8H,3-5H2,1-2H3,(H,12,13,14). The highest BCUT2D eigenvalue weighted by Gasteiger charge is 2.58. The molecule has 0 heterocycles. The first-order chi connectivity index (χ1) is 12.6. The van der Waals surface area contributed by atoms with Crippen LogP contribution >= 0.6 is 0 Å². The number of carbonyl (C=O) groups excluding carboxylic acids is 2. The Hall–Kier alpha value is -0.990. The lowest BCUT2D eigenvalue weighted by Gasteiger charge is -2.25. The van der Waals surface area contributed by atoms with Gasteiger partial charge in [-0.1, -0.05) is 20.8 Å². The zero-order chi connectivity index (χ0) is 21.9. The quantitative estimate of drug-likeness (QED) is 0.485. The van der Waals surface area contributed by atoms with Crippen molar-refractivity contribution in [1.82, 2.24) is 0 Å². The third-order valence-corrected chi connectivity index (χ3v) is 7.24. The third-order valence-electron chi connectivity index (χ3n) is 6.47. The molecule has 3 atom stereocenters. The zero-order valence-electron chi connectivity index (χ0n) is 18.3. The van der Waals surface area contributed by atoms with Gasteiger partial charge in [0, 0.05) is 17.6 Å². The molecule has 2 aliphatic carbocycles. The molecule has 3 unspecified atom stereocenters. The summed E-state index contributed by atoms with van der Waals surface area (Å²) >= 11 is 0. The molecular formula is C20H37NO6S. The van der Waals surface area contributed by atoms with Gasteiger partial charge in [0.2, 0.25) is 0 Å². The Labute approximate surface area is 169 Å². The van der Waals surface area contributed by atoms with Crippen LogP contribution in [0.3, 0.4) is 0 Å². The van der Waals surface area contributed by atoms with E-state index in [9.17, 15) is 22.6 Å². The number of Topliss-reactive ketones (excluding diaryl/α,β-unsaturated/α-hetero) is 1. The second-order valence-electron chi connectivity index (χ2n) is 9.62. The number of nitrogens with one attached hydrogen (secondary N) is 1. The van der Waals surface area contributed by atoms with Gasteiger partial charge in [-0.3, -0.25) is 9.59 Å². The van der Waals surface area contributed by atoms with Gasteiger partial charge < -0.3 is 14.2 Å². The molecule has 2 rings (SSSR count). The SMILES string of the molecule is CC1(C)C2CCC1C(CS(=O)(=O)[O-])C2=O.CCC(C)(C)C(=O)OCC[NH+](C)C. The van der Waals surface area contributed by atoms with Gasteiger partial charge in [0.05, 0.1) is 29.6 Å². The molecule has 2 aliphatic rings. The van der Waals surface area contributed by atoms with Gasteiger partial charge in [-0.2, -0.15) is 0 Å². The molecule has 0 aliphatic heterocycles. The molecule has 1 N–H and O–H groups in total. The lowest BCUT2D eigenvalue weighted by Crippen LogP contribution is -3.06. The van der Waals surface area contributed by atoms with E-state index in [2.05, 4.69) is 0 Å². The number of esters is 1. The fourth-order valence-electron chi connectivity index (χ4n) is 4.14. The topological polar surface area (TPSA) is 105 Å². The Morgan fingerprint density at radius 3 is 2.25 bits per heavy atom. The molecule has 0 aromatic carbocycles. The minimum Gasteiger partial charge on any atom is -0.748 e. The number of quaternary nitrogens is 1. The molecule has 0 aromatic rings. The number of fused-ring (bicyclic) bond motifs is 2. The van der Waals surface area contributed by atoms with E-state index in [1.54, 1.807) is 0 Å². The van der Waals surface area contributed by atoms with Crippen molar-refractivity contribution in [2.45, 2.75) is 53.9 Å². The van der Waals surface area contributed by atoms with Gasteiger partial charge in [-0.15, -0.1) is 0 Å². The largest absolute Gasteiger partial charge is 0.748 e. The van der Waals surface area contributed by atoms with E-state index < -0.39 is 21.8 Å². The number of likely N-dealkylation sites (N-methyl/N-ethyl adjacent to an activating group) is 1. The highest BCUT2D eigenvalue weighted by molar-refractivity contribution is 7.85. The summed E-state index contributed by atoms with van der Waals surface area (Å²) in [4.78, 5) is 24.6. The molecule has 164 valence electrons. The van der Waals surface area contributed by atoms with E-state index in [-0.39, 0.29) is 34.4 Å². The van der Waals surface area contributed by atoms with Gasteiger partial charge >= 0.3 is 5.97 Å². The fraction of sp³-hybridized carbons (Fsp3) is 0.900. The molecular weight excluding hydrogens is 382 g/mol. The van der Waals surface area contributed by atoms with E-state index >= 15 is 0 Å². The van der Waals surface area contributed by atoms with Gasteiger partial charge in [-0.05, 0) is 44.4 Å². The van der Waals surface area contributed by atoms with E-state index in [1.165, 1.54) is 4.90 Å². The van der Waals surface area contributed by atoms with Crippen molar-refractivity contribution in [1.29, 1.82) is 0 Å². The van der Waals surface area contributed by atoms with Crippen LogP contribution in [-0.2, 0) is 24.4 Å². The smallest absolute Gasteiger partial charge is 0.311 e. The average molecular weight is 420 g/mol. The monoisotopic (exact) mass is 419 g/mol. The van der Waals surface area contributed by atoms with E-state index in [0.29, 0.717) is 6.61 Å². The Morgan fingerprint density at radius 1 is 1.29 bits per heavy atom. The average Bonchev–Trinajstić information content (AvgIpc) is 2.93. The van der Waals surface area contributed by atoms with Crippen molar-refractivity contribution in [3.8, 4) is 0 Å². The van der Waals surface area contributed by atoms with Crippen LogP contribution in [0.5, 0.6) is 0 Å². The number of hydrogen-bond acceptors (Lipinski definition) is 6. The third kappa shape index (κ3) is 6.26. The van der Waals surface area contributed by atoms with Gasteiger partial charge in [0.15, 0.2) is 0 Å². The molecule has 0 aromatic heterocycles. The summed E-state index contributed by atoms with van der Waals surface area (Å²) in [7, 11) is -0.203. The molecule has 2 bridgehead atoms. The number of ether oxygens (including phenoxy) is 1. The molecule has 28 heavy (non-hydrogen) atoms. The highest BCUT2D eigenvalue weighted by Crippen LogP contribution is 2.58. The summed E-state index contributed by atoms with van der Waals surface area (Å²) < 4.78 is 37.3. The van der Waals surface area contributed by atoms with E-state index in [0.717, 1.165) is 25.8 Å². The normalized spacial score (nSPS) is 26.2. The van der Waals surface area contributed by atoms with Crippen LogP contribution in [0, 0.1) is 28.6 Å². The van der Waals surface area contributed by atoms with Crippen molar-refractivity contribution >= 4 is 21.9 Å². The van der Waals surface area contributed by atoms with Crippen molar-refractivity contribution in [2.24, 2.45) is 28.6 Å². The summed E-state index contributed by atoms with van der Waals surface area (Å²) in [5.41, 5.74) is -0.450. The summed E-state index contributed by atoms with van der Waals surface area (Å²) in [5, 5.41) is 0. The summed E-state index contributed by atoms with van der Waals surface area (Å²) in [6.45, 7) is 11.2. The van der Waals surface area contributed by atoms with Crippen LogP contribution < -0.4 is 4.90 Å². The van der Waals surface area contributed by atoms with Crippen LogP contribution in [-0.4, -0.2) is 57.7 Å². The summed E-state index contributed by atoms with van der Waals surface area (Å²) in [6, 6.07) is 0. The molecule has 2 saturated carbocycles. The maximum Gasteiger partial charge on any atom is 0.311 e. The fourth-order valence-corrected chi connectivity index (χ4v) is 4.98. The summed E-state index contributed by atoms with van der Waals surface area (Å²) in [6.07, 6.45) is 2.55. The lowest BCUT2D eigenvalue weighted by molar-refractivity contribution is -0.858. The van der Waals surface area contributed by atoms with Crippen LogP contribution in [0.15, 0.2) is 0 Å². The van der Waals surface area contributed by atoms with Crippen LogP contribution in [0.4, 0.5) is 0 Å². The van der Waals surface area contributed by atoms with Crippen molar-refractivity contribution < 1.29 is 32.2 Å². The first-order valence-electron chi connectivity index (χ1n) is 10.1. The first kappa shape index (κ1) is 25.0. The molecule has 8 heteroatoms. The second kappa shape index (κ2) is 9.22. The Bertz CT molecular complexity index is 668. The molecule has 0 saturated heterocycles. The van der Waals surface area contributed by atoms with Crippen molar-refractivity contribution in [3.05, 3.63) is 0 Å². The molecule has 0 spiro atoms. The van der Waals surface area contributed by atoms with Crippen molar-refractivity contribution in [3.63, 3.8) is 0 Å². The zero-order valence-corrected chi connectivity index (χ0v) is 19.1. The number of ketones is 1. The van der Waals surface area contributed by atoms with Crippen LogP contribution in [0.2, 0.25) is 0 Å².